The van der Waals surface area contributed by atoms with Crippen LogP contribution in [0.4, 0.5) is 0 Å². The van der Waals surface area contributed by atoms with Crippen LogP contribution in [-0.2, 0) is 19.1 Å². The molecule has 2 aliphatic rings. The Hall–Kier alpha value is -2.14. The summed E-state index contributed by atoms with van der Waals surface area (Å²) >= 11 is 0. The van der Waals surface area contributed by atoms with Crippen molar-refractivity contribution in [3.63, 3.8) is 0 Å². The number of cyclic esters (lactones) is 2. The fourth-order valence-corrected chi connectivity index (χ4v) is 2.83. The molecule has 136 valence electrons. The van der Waals surface area contributed by atoms with Crippen molar-refractivity contribution >= 4 is 11.9 Å². The van der Waals surface area contributed by atoms with Crippen molar-refractivity contribution in [1.82, 2.24) is 0 Å². The molecule has 1 fully saturated rings. The van der Waals surface area contributed by atoms with Crippen molar-refractivity contribution in [2.24, 2.45) is 0 Å². The zero-order chi connectivity index (χ0) is 18.4. The standard InChI is InChI=1S/C20H26O5/c1-13(2)10-17-19(22)16(20(23)25-17)9-5-7-14(3)6-4-8-15-11-18(21)24-12-15/h6,9-11,17,19,22H,4-5,7-8,12H2,1-3H3. The van der Waals surface area contributed by atoms with E-state index in [0.29, 0.717) is 18.6 Å². The summed E-state index contributed by atoms with van der Waals surface area (Å²) in [6, 6.07) is 0. The molecule has 2 aliphatic heterocycles. The van der Waals surface area contributed by atoms with E-state index in [9.17, 15) is 14.7 Å². The number of carbonyl (C=O) groups excluding carboxylic acids is 2. The molecule has 25 heavy (non-hydrogen) atoms. The van der Waals surface area contributed by atoms with E-state index >= 15 is 0 Å². The van der Waals surface area contributed by atoms with Gasteiger partial charge in [-0.2, -0.15) is 0 Å². The third-order valence-electron chi connectivity index (χ3n) is 4.19. The molecule has 0 amide bonds. The zero-order valence-corrected chi connectivity index (χ0v) is 15.1. The number of aliphatic hydroxyl groups excluding tert-OH is 1. The molecule has 0 spiro atoms. The van der Waals surface area contributed by atoms with Crippen LogP contribution in [0.1, 0.15) is 46.5 Å². The van der Waals surface area contributed by atoms with E-state index in [1.165, 1.54) is 5.57 Å². The predicted molar refractivity (Wildman–Crippen MR) is 94.7 cm³/mol. The molecule has 0 bridgehead atoms. The Morgan fingerprint density at radius 3 is 2.68 bits per heavy atom. The van der Waals surface area contributed by atoms with Crippen LogP contribution >= 0.6 is 0 Å². The summed E-state index contributed by atoms with van der Waals surface area (Å²) in [7, 11) is 0. The quantitative estimate of drug-likeness (QED) is 0.435. The van der Waals surface area contributed by atoms with E-state index < -0.39 is 18.2 Å². The van der Waals surface area contributed by atoms with Gasteiger partial charge in [-0.3, -0.25) is 0 Å². The summed E-state index contributed by atoms with van der Waals surface area (Å²) in [5.41, 5.74) is 3.59. The molecular weight excluding hydrogens is 320 g/mol. The molecule has 0 saturated carbocycles. The van der Waals surface area contributed by atoms with Gasteiger partial charge in [0.25, 0.3) is 0 Å². The van der Waals surface area contributed by atoms with Gasteiger partial charge >= 0.3 is 11.9 Å². The minimum absolute atomic E-state index is 0.254. The van der Waals surface area contributed by atoms with Gasteiger partial charge in [-0.15, -0.1) is 0 Å². The van der Waals surface area contributed by atoms with Gasteiger partial charge in [-0.1, -0.05) is 23.3 Å². The highest BCUT2D eigenvalue weighted by molar-refractivity contribution is 5.92. The fourth-order valence-electron chi connectivity index (χ4n) is 2.83. The smallest absolute Gasteiger partial charge is 0.337 e. The van der Waals surface area contributed by atoms with Crippen molar-refractivity contribution in [1.29, 1.82) is 0 Å². The lowest BCUT2D eigenvalue weighted by Crippen LogP contribution is -2.19. The van der Waals surface area contributed by atoms with Gasteiger partial charge in [-0.25, -0.2) is 9.59 Å². The summed E-state index contributed by atoms with van der Waals surface area (Å²) in [6.45, 7) is 6.25. The molecule has 0 aliphatic carbocycles. The maximum atomic E-state index is 11.9. The molecule has 5 nitrogen and oxygen atoms in total. The Bertz CT molecular complexity index is 647. The Kier molecular flexibility index (Phi) is 6.76. The van der Waals surface area contributed by atoms with E-state index in [1.807, 2.05) is 20.8 Å². The summed E-state index contributed by atoms with van der Waals surface area (Å²) in [5, 5.41) is 10.2. The Balaban J connectivity index is 1.80. The normalized spacial score (nSPS) is 25.0. The van der Waals surface area contributed by atoms with Gasteiger partial charge in [0.15, 0.2) is 6.10 Å². The number of esters is 2. The number of hydrogen-bond donors (Lipinski definition) is 1. The van der Waals surface area contributed by atoms with Gasteiger partial charge < -0.3 is 14.6 Å². The third-order valence-corrected chi connectivity index (χ3v) is 4.19. The Labute approximate surface area is 148 Å². The molecule has 0 aromatic carbocycles. The second-order valence-electron chi connectivity index (χ2n) is 6.76. The van der Waals surface area contributed by atoms with Gasteiger partial charge in [0.1, 0.15) is 12.7 Å². The van der Waals surface area contributed by atoms with E-state index in [0.717, 1.165) is 30.4 Å². The zero-order valence-electron chi connectivity index (χ0n) is 15.1. The monoisotopic (exact) mass is 346 g/mol. The maximum absolute atomic E-state index is 11.9. The molecule has 2 heterocycles. The van der Waals surface area contributed by atoms with Crippen LogP contribution in [0, 0.1) is 0 Å². The van der Waals surface area contributed by atoms with Gasteiger partial charge in [0.05, 0.1) is 5.57 Å². The van der Waals surface area contributed by atoms with E-state index in [-0.39, 0.29) is 5.97 Å². The van der Waals surface area contributed by atoms with E-state index in [1.54, 1.807) is 18.2 Å². The molecule has 5 heteroatoms. The van der Waals surface area contributed by atoms with Crippen molar-refractivity contribution < 1.29 is 24.2 Å². The molecule has 2 atom stereocenters. The summed E-state index contributed by atoms with van der Waals surface area (Å²) in [4.78, 5) is 22.8. The van der Waals surface area contributed by atoms with Gasteiger partial charge in [0.2, 0.25) is 0 Å². The molecule has 2 rings (SSSR count). The number of ether oxygens (including phenoxy) is 2. The van der Waals surface area contributed by atoms with Crippen LogP contribution in [0.25, 0.3) is 0 Å². The molecular formula is C20H26O5. The van der Waals surface area contributed by atoms with Crippen LogP contribution in [-0.4, -0.2) is 35.9 Å². The first-order valence-corrected chi connectivity index (χ1v) is 8.62. The highest BCUT2D eigenvalue weighted by Gasteiger charge is 2.36. The predicted octanol–water partition coefficient (Wildman–Crippen LogP) is 3.16. The Morgan fingerprint density at radius 2 is 2.04 bits per heavy atom. The van der Waals surface area contributed by atoms with E-state index in [2.05, 4.69) is 6.08 Å². The maximum Gasteiger partial charge on any atom is 0.337 e. The third kappa shape index (κ3) is 5.71. The number of rotatable bonds is 7. The topological polar surface area (TPSA) is 72.8 Å². The number of allylic oxidation sites excluding steroid dienone is 4. The van der Waals surface area contributed by atoms with Crippen LogP contribution in [0.2, 0.25) is 0 Å². The SMILES string of the molecule is CC(C)=CC1OC(=O)C(=CCCC(C)=CCCC2=CC(=O)OC2)C1O. The van der Waals surface area contributed by atoms with Crippen LogP contribution in [0.5, 0.6) is 0 Å². The highest BCUT2D eigenvalue weighted by atomic mass is 16.6. The Morgan fingerprint density at radius 1 is 1.28 bits per heavy atom. The lowest BCUT2D eigenvalue weighted by atomic mass is 10.0. The first-order valence-electron chi connectivity index (χ1n) is 8.62. The van der Waals surface area contributed by atoms with Crippen LogP contribution < -0.4 is 0 Å². The largest absolute Gasteiger partial charge is 0.458 e. The summed E-state index contributed by atoms with van der Waals surface area (Å²) in [5.74, 6) is -0.690. The van der Waals surface area contributed by atoms with Crippen LogP contribution in [0.3, 0.4) is 0 Å². The lowest BCUT2D eigenvalue weighted by Gasteiger charge is -2.08. The van der Waals surface area contributed by atoms with Crippen molar-refractivity contribution in [3.8, 4) is 0 Å². The van der Waals surface area contributed by atoms with Crippen molar-refractivity contribution in [3.05, 3.63) is 46.6 Å². The average Bonchev–Trinajstić information content (AvgIpc) is 3.05. The number of hydrogen-bond acceptors (Lipinski definition) is 5. The number of aliphatic hydroxyl groups is 1. The molecule has 0 aromatic heterocycles. The lowest BCUT2D eigenvalue weighted by molar-refractivity contribution is -0.138. The fraction of sp³-hybridized carbons (Fsp3) is 0.500. The van der Waals surface area contributed by atoms with Gasteiger partial charge in [0, 0.05) is 6.08 Å². The second-order valence-corrected chi connectivity index (χ2v) is 6.76. The first kappa shape index (κ1) is 19.2. The molecule has 0 radical (unpaired) electrons. The summed E-state index contributed by atoms with van der Waals surface area (Å²) in [6.07, 6.45) is 8.93. The van der Waals surface area contributed by atoms with Crippen molar-refractivity contribution in [2.45, 2.75) is 58.7 Å². The van der Waals surface area contributed by atoms with Gasteiger partial charge in [-0.05, 0) is 58.1 Å². The minimum Gasteiger partial charge on any atom is -0.458 e. The van der Waals surface area contributed by atoms with Crippen LogP contribution in [0.15, 0.2) is 46.6 Å². The minimum atomic E-state index is -0.890. The number of carbonyl (C=O) groups is 2. The van der Waals surface area contributed by atoms with E-state index in [4.69, 9.17) is 9.47 Å². The first-order chi connectivity index (χ1) is 11.9. The highest BCUT2D eigenvalue weighted by Crippen LogP contribution is 2.24. The van der Waals surface area contributed by atoms with Crippen molar-refractivity contribution in [2.75, 3.05) is 6.61 Å². The molecule has 1 saturated heterocycles. The summed E-state index contributed by atoms with van der Waals surface area (Å²) < 4.78 is 10.1. The molecule has 1 N–H and O–H groups in total. The molecule has 0 aromatic rings. The second kappa shape index (κ2) is 8.81. The molecule has 2 unspecified atom stereocenters. The average molecular weight is 346 g/mol.